The number of methoxy groups -OCH3 is 1. The topological polar surface area (TPSA) is 84.9 Å². The molecule has 0 aliphatic carbocycles. The van der Waals surface area contributed by atoms with Gasteiger partial charge in [-0.3, -0.25) is 14.4 Å². The first-order valence-electron chi connectivity index (χ1n) is 10.6. The number of hydrogen-bond acceptors (Lipinski definition) is 6. The van der Waals surface area contributed by atoms with Gasteiger partial charge in [0.25, 0.3) is 11.8 Å². The molecular formula is C25H24N2O5S. The largest absolute Gasteiger partial charge is 0.497 e. The Kier molecular flexibility index (Phi) is 6.74. The minimum absolute atomic E-state index is 0.0149. The number of amides is 2. The number of rotatable bonds is 8. The second-order valence-corrected chi connectivity index (χ2v) is 8.46. The van der Waals surface area contributed by atoms with E-state index in [1.165, 1.54) is 11.3 Å². The van der Waals surface area contributed by atoms with Crippen molar-refractivity contribution in [3.8, 4) is 5.75 Å². The van der Waals surface area contributed by atoms with Crippen molar-refractivity contribution >= 4 is 34.8 Å². The molecule has 0 saturated heterocycles. The molecule has 8 heteroatoms. The van der Waals surface area contributed by atoms with Gasteiger partial charge in [-0.2, -0.15) is 0 Å². The van der Waals surface area contributed by atoms with Gasteiger partial charge in [0.2, 0.25) is 0 Å². The first-order chi connectivity index (χ1) is 16.0. The lowest BCUT2D eigenvalue weighted by molar-refractivity contribution is -0.143. The van der Waals surface area contributed by atoms with E-state index in [1.54, 1.807) is 43.2 Å². The molecule has 1 aliphatic rings. The average molecular weight is 465 g/mol. The van der Waals surface area contributed by atoms with Gasteiger partial charge in [0.05, 0.1) is 43.9 Å². The lowest BCUT2D eigenvalue weighted by Gasteiger charge is -2.18. The maximum Gasteiger partial charge on any atom is 0.308 e. The van der Waals surface area contributed by atoms with Gasteiger partial charge in [-0.25, -0.2) is 0 Å². The minimum atomic E-state index is -0.540. The minimum Gasteiger partial charge on any atom is -0.497 e. The molecule has 4 rings (SSSR count). The molecule has 3 aromatic rings. The predicted molar refractivity (Wildman–Crippen MR) is 126 cm³/mol. The summed E-state index contributed by atoms with van der Waals surface area (Å²) in [6.45, 7) is 2.38. The number of esters is 1. The summed E-state index contributed by atoms with van der Waals surface area (Å²) in [6.07, 6.45) is 0.0149. The molecule has 2 heterocycles. The Bertz CT molecular complexity index is 1160. The van der Waals surface area contributed by atoms with E-state index < -0.39 is 17.9 Å². The van der Waals surface area contributed by atoms with Crippen molar-refractivity contribution in [3.63, 3.8) is 0 Å². The molecule has 0 fully saturated rings. The zero-order valence-corrected chi connectivity index (χ0v) is 19.2. The van der Waals surface area contributed by atoms with Crippen molar-refractivity contribution in [3.05, 3.63) is 81.5 Å². The molecule has 0 saturated carbocycles. The second kappa shape index (κ2) is 9.87. The van der Waals surface area contributed by atoms with Crippen molar-refractivity contribution in [2.45, 2.75) is 25.9 Å². The Labute approximate surface area is 195 Å². The van der Waals surface area contributed by atoms with E-state index in [4.69, 9.17) is 9.47 Å². The highest BCUT2D eigenvalue weighted by Gasteiger charge is 2.33. The summed E-state index contributed by atoms with van der Waals surface area (Å²) in [5.74, 6) is -0.334. The number of fused-ring (bicyclic) bond motifs is 1. The third-order valence-corrected chi connectivity index (χ3v) is 6.42. The highest BCUT2D eigenvalue weighted by molar-refractivity contribution is 7.10. The standard InChI is InChI=1S/C25H24N2O5S/c1-3-32-22(28)14-20(21-8-5-13-33-21)26-24(29)19-7-4-6-16-15-27(25(30)23(16)19)17-9-11-18(31-2)12-10-17/h4-13,20H,3,14-15H2,1-2H3,(H,26,29). The van der Waals surface area contributed by atoms with Crippen LogP contribution in [0.1, 0.15) is 50.5 Å². The summed E-state index contributed by atoms with van der Waals surface area (Å²) in [7, 11) is 1.59. The number of carbonyl (C=O) groups excluding carboxylic acids is 3. The number of benzene rings is 2. The molecule has 33 heavy (non-hydrogen) atoms. The highest BCUT2D eigenvalue weighted by Crippen LogP contribution is 2.32. The first-order valence-corrected chi connectivity index (χ1v) is 11.5. The quantitative estimate of drug-likeness (QED) is 0.501. The van der Waals surface area contributed by atoms with Crippen LogP contribution >= 0.6 is 11.3 Å². The van der Waals surface area contributed by atoms with E-state index in [1.807, 2.05) is 35.7 Å². The zero-order chi connectivity index (χ0) is 23.4. The fourth-order valence-corrected chi connectivity index (χ4v) is 4.63. The summed E-state index contributed by atoms with van der Waals surface area (Å²) in [4.78, 5) is 41.2. The number of anilines is 1. The van der Waals surface area contributed by atoms with Crippen LogP contribution in [-0.2, 0) is 16.1 Å². The Balaban J connectivity index is 1.58. The van der Waals surface area contributed by atoms with Crippen molar-refractivity contribution in [2.24, 2.45) is 0 Å². The molecule has 1 N–H and O–H groups in total. The predicted octanol–water partition coefficient (Wildman–Crippen LogP) is 4.34. The van der Waals surface area contributed by atoms with E-state index in [2.05, 4.69) is 5.32 Å². The van der Waals surface area contributed by atoms with E-state index in [0.717, 1.165) is 16.1 Å². The molecule has 2 aromatic carbocycles. The van der Waals surface area contributed by atoms with Gasteiger partial charge in [0, 0.05) is 10.6 Å². The molecule has 170 valence electrons. The normalized spacial score (nSPS) is 13.4. The van der Waals surface area contributed by atoms with Crippen LogP contribution in [0.5, 0.6) is 5.75 Å². The van der Waals surface area contributed by atoms with E-state index in [0.29, 0.717) is 23.4 Å². The molecule has 7 nitrogen and oxygen atoms in total. The fraction of sp³-hybridized carbons (Fsp3) is 0.240. The van der Waals surface area contributed by atoms with Gasteiger partial charge < -0.3 is 19.7 Å². The summed E-state index contributed by atoms with van der Waals surface area (Å²) >= 11 is 1.45. The van der Waals surface area contributed by atoms with E-state index in [9.17, 15) is 14.4 Å². The number of thiophene rings is 1. The van der Waals surface area contributed by atoms with Crippen molar-refractivity contribution < 1.29 is 23.9 Å². The van der Waals surface area contributed by atoms with Crippen LogP contribution in [-0.4, -0.2) is 31.5 Å². The van der Waals surface area contributed by atoms with Crippen molar-refractivity contribution in [1.29, 1.82) is 0 Å². The zero-order valence-electron chi connectivity index (χ0n) is 18.4. The molecule has 0 bridgehead atoms. The Morgan fingerprint density at radius 3 is 2.58 bits per heavy atom. The maximum absolute atomic E-state index is 13.3. The number of nitrogens with one attached hydrogen (secondary N) is 1. The molecule has 1 aliphatic heterocycles. The van der Waals surface area contributed by atoms with Crippen molar-refractivity contribution in [1.82, 2.24) is 5.32 Å². The molecule has 0 spiro atoms. The number of nitrogens with zero attached hydrogens (tertiary/aromatic N) is 1. The number of carbonyl (C=O) groups is 3. The lowest BCUT2D eigenvalue weighted by Crippen LogP contribution is -2.32. The monoisotopic (exact) mass is 464 g/mol. The van der Waals surface area contributed by atoms with Gasteiger partial charge in [-0.1, -0.05) is 18.2 Å². The molecule has 1 atom stereocenters. The molecule has 0 radical (unpaired) electrons. The van der Waals surface area contributed by atoms with Gasteiger partial charge in [-0.05, 0) is 54.3 Å². The highest BCUT2D eigenvalue weighted by atomic mass is 32.1. The molecule has 1 unspecified atom stereocenters. The third-order valence-electron chi connectivity index (χ3n) is 5.44. The molecule has 2 amide bonds. The number of hydrogen-bond donors (Lipinski definition) is 1. The van der Waals surface area contributed by atoms with E-state index >= 15 is 0 Å². The van der Waals surface area contributed by atoms with Crippen molar-refractivity contribution in [2.75, 3.05) is 18.6 Å². The van der Waals surface area contributed by atoms with Crippen LogP contribution in [0, 0.1) is 0 Å². The van der Waals surface area contributed by atoms with Crippen LogP contribution in [0.15, 0.2) is 60.0 Å². The van der Waals surface area contributed by atoms with Gasteiger partial charge >= 0.3 is 5.97 Å². The van der Waals surface area contributed by atoms with Crippen LogP contribution in [0.2, 0.25) is 0 Å². The Hall–Kier alpha value is -3.65. The van der Waals surface area contributed by atoms with Crippen LogP contribution < -0.4 is 15.0 Å². The summed E-state index contributed by atoms with van der Waals surface area (Å²) < 4.78 is 10.3. The van der Waals surface area contributed by atoms with Crippen LogP contribution in [0.4, 0.5) is 5.69 Å². The van der Waals surface area contributed by atoms with Crippen LogP contribution in [0.25, 0.3) is 0 Å². The lowest BCUT2D eigenvalue weighted by atomic mass is 10.0. The summed E-state index contributed by atoms with van der Waals surface area (Å²) in [5, 5.41) is 4.81. The number of ether oxygens (including phenoxy) is 2. The SMILES string of the molecule is CCOC(=O)CC(NC(=O)c1cccc2c1C(=O)N(c1ccc(OC)cc1)C2)c1cccs1. The summed E-state index contributed by atoms with van der Waals surface area (Å²) in [6, 6.07) is 15.7. The average Bonchev–Trinajstić information content (AvgIpc) is 3.47. The van der Waals surface area contributed by atoms with Gasteiger partial charge in [0.15, 0.2) is 0 Å². The molecular weight excluding hydrogens is 440 g/mol. The fourth-order valence-electron chi connectivity index (χ4n) is 3.86. The van der Waals surface area contributed by atoms with Gasteiger partial charge in [-0.15, -0.1) is 11.3 Å². The van der Waals surface area contributed by atoms with Gasteiger partial charge in [0.1, 0.15) is 5.75 Å². The third kappa shape index (κ3) is 4.75. The first kappa shape index (κ1) is 22.5. The van der Waals surface area contributed by atoms with Crippen LogP contribution in [0.3, 0.4) is 0 Å². The summed E-state index contributed by atoms with van der Waals surface area (Å²) in [5.41, 5.74) is 2.18. The molecule has 1 aromatic heterocycles. The second-order valence-electron chi connectivity index (χ2n) is 7.48. The smallest absolute Gasteiger partial charge is 0.308 e. The van der Waals surface area contributed by atoms with E-state index in [-0.39, 0.29) is 18.9 Å². The maximum atomic E-state index is 13.3. The Morgan fingerprint density at radius 2 is 1.91 bits per heavy atom. The Morgan fingerprint density at radius 1 is 1.12 bits per heavy atom.